The number of β-amino-alcohol motifs (C(OH)–C–C–N with tert-alkyl or cyclic N) is 1. The van der Waals surface area contributed by atoms with Crippen LogP contribution in [0.15, 0.2) is 24.4 Å². The van der Waals surface area contributed by atoms with Crippen LogP contribution in [0.5, 0.6) is 0 Å². The monoisotopic (exact) mass is 414 g/mol. The highest BCUT2D eigenvalue weighted by Gasteiger charge is 2.31. The van der Waals surface area contributed by atoms with Crippen LogP contribution in [0.25, 0.3) is 16.7 Å². The average molecular weight is 414 g/mol. The number of nitrogens with zero attached hydrogens (tertiary/aromatic N) is 6. The van der Waals surface area contributed by atoms with E-state index >= 15 is 0 Å². The molecule has 7 nitrogen and oxygen atoms in total. The first-order valence-corrected chi connectivity index (χ1v) is 10.2. The summed E-state index contributed by atoms with van der Waals surface area (Å²) < 4.78 is 31.2. The second-order valence-corrected chi connectivity index (χ2v) is 8.35. The van der Waals surface area contributed by atoms with Gasteiger partial charge in [0.25, 0.3) is 0 Å². The van der Waals surface area contributed by atoms with E-state index in [9.17, 15) is 13.9 Å². The lowest BCUT2D eigenvalue weighted by molar-refractivity contribution is 0.137. The molecule has 1 aromatic carbocycles. The molecule has 9 heteroatoms. The Morgan fingerprint density at radius 1 is 1.10 bits per heavy atom. The molecule has 30 heavy (non-hydrogen) atoms. The topological polar surface area (TPSA) is 70.3 Å². The Bertz CT molecular complexity index is 1100. The third-order valence-corrected chi connectivity index (χ3v) is 6.04. The Hall–Kier alpha value is -2.65. The van der Waals surface area contributed by atoms with Crippen LogP contribution in [0.1, 0.15) is 23.7 Å². The molecule has 4 heterocycles. The predicted molar refractivity (Wildman–Crippen MR) is 109 cm³/mol. The van der Waals surface area contributed by atoms with Crippen LogP contribution in [0.2, 0.25) is 0 Å². The van der Waals surface area contributed by atoms with Gasteiger partial charge in [0, 0.05) is 37.0 Å². The van der Waals surface area contributed by atoms with Gasteiger partial charge in [-0.25, -0.2) is 23.4 Å². The van der Waals surface area contributed by atoms with Crippen molar-refractivity contribution in [3.05, 3.63) is 41.6 Å². The molecule has 1 N–H and O–H groups in total. The number of aliphatic hydroxyl groups excluding tert-OH is 1. The minimum atomic E-state index is -1.11. The Morgan fingerprint density at radius 3 is 2.60 bits per heavy atom. The van der Waals surface area contributed by atoms with Crippen LogP contribution < -0.4 is 4.90 Å². The molecule has 2 fully saturated rings. The van der Waals surface area contributed by atoms with Crippen molar-refractivity contribution in [3.63, 3.8) is 0 Å². The SMILES string of the molecule is Cc1nc(N2CC(O)C2)cc(-n2ncc3cc(F)c([C@@H]4CCN(C)C[C@@H]4F)cc32)n1. The number of piperidine rings is 1. The number of likely N-dealkylation sites (tertiary alicyclic amines) is 1. The van der Waals surface area contributed by atoms with E-state index in [1.54, 1.807) is 23.9 Å². The molecule has 0 aliphatic carbocycles. The van der Waals surface area contributed by atoms with Crippen molar-refractivity contribution < 1.29 is 13.9 Å². The van der Waals surface area contributed by atoms with Crippen LogP contribution in [0, 0.1) is 12.7 Å². The highest BCUT2D eigenvalue weighted by atomic mass is 19.1. The zero-order valence-corrected chi connectivity index (χ0v) is 17.0. The molecule has 0 radical (unpaired) electrons. The van der Waals surface area contributed by atoms with Crippen molar-refractivity contribution in [1.82, 2.24) is 24.6 Å². The molecule has 0 unspecified atom stereocenters. The van der Waals surface area contributed by atoms with Crippen molar-refractivity contribution in [2.24, 2.45) is 0 Å². The minimum absolute atomic E-state index is 0.303. The van der Waals surface area contributed by atoms with Crippen molar-refractivity contribution in [1.29, 1.82) is 0 Å². The molecule has 0 saturated carbocycles. The molecular weight excluding hydrogens is 390 g/mol. The highest BCUT2D eigenvalue weighted by Crippen LogP contribution is 2.34. The number of fused-ring (bicyclic) bond motifs is 1. The van der Waals surface area contributed by atoms with Gasteiger partial charge in [-0.2, -0.15) is 5.10 Å². The van der Waals surface area contributed by atoms with E-state index in [1.165, 1.54) is 6.07 Å². The normalized spacial score (nSPS) is 23.2. The fourth-order valence-corrected chi connectivity index (χ4v) is 4.39. The van der Waals surface area contributed by atoms with Crippen LogP contribution in [0.4, 0.5) is 14.6 Å². The smallest absolute Gasteiger partial charge is 0.159 e. The second kappa shape index (κ2) is 7.24. The zero-order valence-electron chi connectivity index (χ0n) is 17.0. The summed E-state index contributed by atoms with van der Waals surface area (Å²) in [6.45, 7) is 3.89. The molecule has 2 aromatic heterocycles. The van der Waals surface area contributed by atoms with Crippen LogP contribution in [0.3, 0.4) is 0 Å². The molecule has 2 aliphatic heterocycles. The van der Waals surface area contributed by atoms with Gasteiger partial charge in [-0.3, -0.25) is 0 Å². The zero-order chi connectivity index (χ0) is 21.0. The number of halogens is 2. The van der Waals surface area contributed by atoms with E-state index in [2.05, 4.69) is 15.1 Å². The summed E-state index contributed by atoms with van der Waals surface area (Å²) >= 11 is 0. The van der Waals surface area contributed by atoms with Crippen LogP contribution in [-0.2, 0) is 0 Å². The molecule has 0 amide bonds. The molecular formula is C21H24F2N6O. The summed E-state index contributed by atoms with van der Waals surface area (Å²) in [5, 5.41) is 14.6. The van der Waals surface area contributed by atoms with Gasteiger partial charge in [-0.05, 0) is 44.6 Å². The van der Waals surface area contributed by atoms with E-state index in [0.717, 1.165) is 6.54 Å². The van der Waals surface area contributed by atoms with E-state index in [-0.39, 0.29) is 6.10 Å². The first-order valence-electron chi connectivity index (χ1n) is 10.2. The summed E-state index contributed by atoms with van der Waals surface area (Å²) in [6.07, 6.45) is 0.706. The predicted octanol–water partition coefficient (Wildman–Crippen LogP) is 2.20. The molecule has 3 aromatic rings. The fraction of sp³-hybridized carbons (Fsp3) is 0.476. The second-order valence-electron chi connectivity index (χ2n) is 8.35. The summed E-state index contributed by atoms with van der Waals surface area (Å²) in [7, 11) is 1.88. The van der Waals surface area contributed by atoms with Gasteiger partial charge < -0.3 is 14.9 Å². The standard InChI is InChI=1S/C21H24F2N6O/c1-12-25-20(28-9-14(30)10-28)7-21(26-12)29-19-6-16(17(22)5-13(19)8-24-29)15-3-4-27(2)11-18(15)23/h5-8,14-15,18,30H,3-4,9-11H2,1-2H3/t15-,18-/m0/s1. The summed E-state index contributed by atoms with van der Waals surface area (Å²) in [6, 6.07) is 4.95. The number of hydrogen-bond acceptors (Lipinski definition) is 6. The molecule has 0 bridgehead atoms. The Balaban J connectivity index is 1.56. The fourth-order valence-electron chi connectivity index (χ4n) is 4.39. The summed E-state index contributed by atoms with van der Waals surface area (Å²) in [5.41, 5.74) is 1.08. The van der Waals surface area contributed by atoms with Gasteiger partial charge in [0.2, 0.25) is 0 Å². The van der Waals surface area contributed by atoms with Crippen molar-refractivity contribution in [2.75, 3.05) is 38.1 Å². The van der Waals surface area contributed by atoms with Crippen molar-refractivity contribution in [2.45, 2.75) is 31.5 Å². The molecule has 2 saturated heterocycles. The maximum atomic E-state index is 14.8. The molecule has 158 valence electrons. The lowest BCUT2D eigenvalue weighted by Crippen LogP contribution is -2.51. The molecule has 0 spiro atoms. The number of rotatable bonds is 3. The lowest BCUT2D eigenvalue weighted by Gasteiger charge is -2.36. The first-order chi connectivity index (χ1) is 14.4. The highest BCUT2D eigenvalue weighted by molar-refractivity contribution is 5.81. The van der Waals surface area contributed by atoms with Gasteiger partial charge in [-0.1, -0.05) is 0 Å². The van der Waals surface area contributed by atoms with E-state index in [1.807, 2.05) is 22.9 Å². The first kappa shape index (κ1) is 19.3. The Morgan fingerprint density at radius 2 is 1.87 bits per heavy atom. The maximum Gasteiger partial charge on any atom is 0.159 e. The van der Waals surface area contributed by atoms with Gasteiger partial charge >= 0.3 is 0 Å². The number of aliphatic hydroxyl groups is 1. The summed E-state index contributed by atoms with van der Waals surface area (Å²) in [4.78, 5) is 12.8. The van der Waals surface area contributed by atoms with Gasteiger partial charge in [0.05, 0.1) is 17.8 Å². The minimum Gasteiger partial charge on any atom is -0.389 e. The lowest BCUT2D eigenvalue weighted by atomic mass is 9.87. The number of anilines is 1. The van der Waals surface area contributed by atoms with Gasteiger partial charge in [0.1, 0.15) is 23.6 Å². The summed E-state index contributed by atoms with van der Waals surface area (Å²) in [5.74, 6) is 0.987. The van der Waals surface area contributed by atoms with E-state index in [0.29, 0.717) is 60.0 Å². The number of hydrogen-bond donors (Lipinski definition) is 1. The van der Waals surface area contributed by atoms with E-state index < -0.39 is 17.9 Å². The number of aryl methyl sites for hydroxylation is 1. The van der Waals surface area contributed by atoms with Gasteiger partial charge in [-0.15, -0.1) is 0 Å². The third-order valence-electron chi connectivity index (χ3n) is 6.04. The molecule has 2 atom stereocenters. The largest absolute Gasteiger partial charge is 0.389 e. The third kappa shape index (κ3) is 3.31. The maximum absolute atomic E-state index is 14.8. The van der Waals surface area contributed by atoms with Crippen molar-refractivity contribution >= 4 is 16.7 Å². The number of alkyl halides is 1. The Kier molecular flexibility index (Phi) is 4.67. The Labute approximate surface area is 172 Å². The average Bonchev–Trinajstić information content (AvgIpc) is 3.07. The molecule has 2 aliphatic rings. The van der Waals surface area contributed by atoms with E-state index in [4.69, 9.17) is 0 Å². The van der Waals surface area contributed by atoms with Gasteiger partial charge in [0.15, 0.2) is 5.82 Å². The number of aromatic nitrogens is 4. The van der Waals surface area contributed by atoms with Crippen LogP contribution in [-0.4, -0.2) is 75.3 Å². The molecule has 5 rings (SSSR count). The number of benzene rings is 1. The van der Waals surface area contributed by atoms with Crippen LogP contribution >= 0.6 is 0 Å². The quantitative estimate of drug-likeness (QED) is 0.709. The van der Waals surface area contributed by atoms with Crippen molar-refractivity contribution in [3.8, 4) is 5.82 Å².